The van der Waals surface area contributed by atoms with Crippen molar-refractivity contribution >= 4 is 28.8 Å². The number of hydrogen-bond acceptors (Lipinski definition) is 6. The Morgan fingerprint density at radius 1 is 1.26 bits per heavy atom. The average molecular weight is 473 g/mol. The van der Waals surface area contributed by atoms with Crippen LogP contribution in [-0.4, -0.2) is 79.7 Å². The molecule has 0 aliphatic carbocycles. The standard InChI is InChI=1S/C25H24N6O4/c1-15(32)30-13-18(14-30)17-11-20-21(22(26)33)28-31(23(20)27-12-17)19-5-3-4-16(10-19)6-7-25(35)8-9-29(2)24(25)34/h3-5,10-12,18,35H,8-9,13-14H2,1-2H3,(H2,26,33). The van der Waals surface area contributed by atoms with Crippen LogP contribution in [0.25, 0.3) is 16.7 Å². The maximum atomic E-state index is 12.2. The molecular formula is C25H24N6O4. The van der Waals surface area contributed by atoms with Crippen molar-refractivity contribution in [3.63, 3.8) is 0 Å². The maximum absolute atomic E-state index is 12.2. The second kappa shape index (κ2) is 8.21. The summed E-state index contributed by atoms with van der Waals surface area (Å²) in [7, 11) is 1.63. The van der Waals surface area contributed by atoms with Crippen molar-refractivity contribution in [3.05, 3.63) is 53.3 Å². The lowest BCUT2D eigenvalue weighted by Crippen LogP contribution is -2.47. The molecule has 10 heteroatoms. The van der Waals surface area contributed by atoms with E-state index in [1.807, 2.05) is 6.07 Å². The molecule has 178 valence electrons. The molecule has 3 N–H and O–H groups in total. The zero-order valence-electron chi connectivity index (χ0n) is 19.4. The van der Waals surface area contributed by atoms with E-state index >= 15 is 0 Å². The molecule has 2 aromatic heterocycles. The number of carbonyl (C=O) groups excluding carboxylic acids is 3. The minimum Gasteiger partial charge on any atom is -0.369 e. The number of nitrogens with two attached hydrogens (primary N) is 1. The average Bonchev–Trinajstić information content (AvgIpc) is 3.30. The van der Waals surface area contributed by atoms with Crippen molar-refractivity contribution in [2.24, 2.45) is 5.73 Å². The molecule has 1 aromatic carbocycles. The molecule has 5 rings (SSSR count). The van der Waals surface area contributed by atoms with Crippen molar-refractivity contribution in [1.82, 2.24) is 24.6 Å². The quantitative estimate of drug-likeness (QED) is 0.530. The molecule has 0 bridgehead atoms. The van der Waals surface area contributed by atoms with Gasteiger partial charge in [0.05, 0.1) is 11.1 Å². The monoisotopic (exact) mass is 472 g/mol. The van der Waals surface area contributed by atoms with E-state index in [0.717, 1.165) is 5.56 Å². The highest BCUT2D eigenvalue weighted by atomic mass is 16.3. The molecule has 0 saturated carbocycles. The summed E-state index contributed by atoms with van der Waals surface area (Å²) < 4.78 is 1.52. The van der Waals surface area contributed by atoms with E-state index < -0.39 is 17.4 Å². The summed E-state index contributed by atoms with van der Waals surface area (Å²) in [4.78, 5) is 43.6. The third-order valence-electron chi connectivity index (χ3n) is 6.59. The highest BCUT2D eigenvalue weighted by Crippen LogP contribution is 2.30. The Kier molecular flexibility index (Phi) is 5.29. The number of amides is 3. The van der Waals surface area contributed by atoms with Gasteiger partial charge in [0.15, 0.2) is 11.3 Å². The summed E-state index contributed by atoms with van der Waals surface area (Å²) in [6, 6.07) is 8.91. The van der Waals surface area contributed by atoms with Crippen LogP contribution in [0.15, 0.2) is 36.5 Å². The lowest BCUT2D eigenvalue weighted by atomic mass is 9.92. The molecule has 2 fully saturated rings. The molecule has 1 unspecified atom stereocenters. The van der Waals surface area contributed by atoms with E-state index in [4.69, 9.17) is 5.73 Å². The second-order valence-corrected chi connectivity index (χ2v) is 9.02. The predicted molar refractivity (Wildman–Crippen MR) is 126 cm³/mol. The number of benzene rings is 1. The van der Waals surface area contributed by atoms with E-state index in [-0.39, 0.29) is 23.9 Å². The van der Waals surface area contributed by atoms with Gasteiger partial charge < -0.3 is 20.6 Å². The molecule has 4 heterocycles. The fourth-order valence-electron chi connectivity index (χ4n) is 4.41. The summed E-state index contributed by atoms with van der Waals surface area (Å²) in [5, 5.41) is 15.5. The first-order valence-electron chi connectivity index (χ1n) is 11.2. The number of primary amides is 1. The van der Waals surface area contributed by atoms with Crippen LogP contribution >= 0.6 is 0 Å². The number of carbonyl (C=O) groups is 3. The number of aliphatic hydroxyl groups is 1. The number of fused-ring (bicyclic) bond motifs is 1. The van der Waals surface area contributed by atoms with Crippen molar-refractivity contribution in [2.75, 3.05) is 26.7 Å². The van der Waals surface area contributed by atoms with Gasteiger partial charge in [-0.2, -0.15) is 5.10 Å². The topological polar surface area (TPSA) is 135 Å². The third kappa shape index (κ3) is 3.90. The molecule has 0 spiro atoms. The van der Waals surface area contributed by atoms with E-state index in [1.165, 1.54) is 16.5 Å². The van der Waals surface area contributed by atoms with Crippen LogP contribution in [-0.2, 0) is 9.59 Å². The molecule has 35 heavy (non-hydrogen) atoms. The number of nitrogens with zero attached hydrogens (tertiary/aromatic N) is 5. The number of aromatic nitrogens is 3. The fraction of sp³-hybridized carbons (Fsp3) is 0.320. The third-order valence-corrected chi connectivity index (χ3v) is 6.59. The first kappa shape index (κ1) is 22.6. The summed E-state index contributed by atoms with van der Waals surface area (Å²) >= 11 is 0. The van der Waals surface area contributed by atoms with Crippen molar-refractivity contribution < 1.29 is 19.5 Å². The minimum atomic E-state index is -1.69. The van der Waals surface area contributed by atoms with Gasteiger partial charge in [0, 0.05) is 57.7 Å². The zero-order valence-corrected chi connectivity index (χ0v) is 19.4. The number of likely N-dealkylation sites (tertiary alicyclic amines) is 2. The predicted octanol–water partition coefficient (Wildman–Crippen LogP) is 0.410. The number of hydrogen-bond donors (Lipinski definition) is 2. The summed E-state index contributed by atoms with van der Waals surface area (Å²) in [5.41, 5.74) is 6.56. The molecule has 1 atom stereocenters. The van der Waals surface area contributed by atoms with E-state index in [9.17, 15) is 19.5 Å². The van der Waals surface area contributed by atoms with Crippen molar-refractivity contribution in [3.8, 4) is 17.5 Å². The van der Waals surface area contributed by atoms with Gasteiger partial charge in [0.2, 0.25) is 11.5 Å². The Labute approximate surface area is 201 Å². The summed E-state index contributed by atoms with van der Waals surface area (Å²) in [6.07, 6.45) is 1.98. The van der Waals surface area contributed by atoms with Crippen molar-refractivity contribution in [2.45, 2.75) is 24.9 Å². The molecule has 2 saturated heterocycles. The van der Waals surface area contributed by atoms with E-state index in [1.54, 1.807) is 42.4 Å². The molecule has 0 radical (unpaired) electrons. The summed E-state index contributed by atoms with van der Waals surface area (Å²) in [6.45, 7) is 3.19. The zero-order chi connectivity index (χ0) is 24.9. The normalized spacial score (nSPS) is 20.0. The number of rotatable bonds is 3. The van der Waals surface area contributed by atoms with Gasteiger partial charge in [-0.15, -0.1) is 0 Å². The first-order chi connectivity index (χ1) is 16.7. The number of likely N-dealkylation sites (N-methyl/N-ethyl adjacent to an activating group) is 1. The minimum absolute atomic E-state index is 0.0281. The van der Waals surface area contributed by atoms with E-state index in [2.05, 4.69) is 21.9 Å². The first-order valence-corrected chi connectivity index (χ1v) is 11.2. The lowest BCUT2D eigenvalue weighted by molar-refractivity contribution is -0.137. The van der Waals surface area contributed by atoms with Crippen LogP contribution in [0.5, 0.6) is 0 Å². The van der Waals surface area contributed by atoms with Gasteiger partial charge >= 0.3 is 0 Å². The SMILES string of the molecule is CC(=O)N1CC(c2cnc3c(c2)c(C(N)=O)nn3-c2cccc(C#CC3(O)CCN(C)C3=O)c2)C1. The molecule has 3 amide bonds. The van der Waals surface area contributed by atoms with Crippen LogP contribution < -0.4 is 5.73 Å². The highest BCUT2D eigenvalue weighted by molar-refractivity contribution is 6.03. The maximum Gasteiger partial charge on any atom is 0.269 e. The Hall–Kier alpha value is -4.23. The van der Waals surface area contributed by atoms with Crippen LogP contribution in [0, 0.1) is 11.8 Å². The van der Waals surface area contributed by atoms with Gasteiger partial charge in [-0.3, -0.25) is 14.4 Å². The molecule has 2 aliphatic heterocycles. The lowest BCUT2D eigenvalue weighted by Gasteiger charge is -2.38. The smallest absolute Gasteiger partial charge is 0.269 e. The Balaban J connectivity index is 1.50. The van der Waals surface area contributed by atoms with Gasteiger partial charge in [0.25, 0.3) is 11.8 Å². The Morgan fingerprint density at radius 3 is 2.69 bits per heavy atom. The van der Waals surface area contributed by atoms with Crippen LogP contribution in [0.3, 0.4) is 0 Å². The molecule has 3 aromatic rings. The van der Waals surface area contributed by atoms with Gasteiger partial charge in [-0.1, -0.05) is 17.9 Å². The molecule has 10 nitrogen and oxygen atoms in total. The Bertz CT molecular complexity index is 1450. The highest BCUT2D eigenvalue weighted by Gasteiger charge is 2.42. The summed E-state index contributed by atoms with van der Waals surface area (Å²) in [5.74, 6) is 4.67. The van der Waals surface area contributed by atoms with Crippen LogP contribution in [0.4, 0.5) is 0 Å². The van der Waals surface area contributed by atoms with Crippen molar-refractivity contribution in [1.29, 1.82) is 0 Å². The van der Waals surface area contributed by atoms with Gasteiger partial charge in [-0.05, 0) is 29.8 Å². The molecule has 2 aliphatic rings. The fourth-order valence-corrected chi connectivity index (χ4v) is 4.41. The van der Waals surface area contributed by atoms with E-state index in [0.29, 0.717) is 41.9 Å². The Morgan fingerprint density at radius 2 is 2.03 bits per heavy atom. The molecular weight excluding hydrogens is 448 g/mol. The van der Waals surface area contributed by atoms with Gasteiger partial charge in [-0.25, -0.2) is 9.67 Å². The van der Waals surface area contributed by atoms with Gasteiger partial charge in [0.1, 0.15) is 0 Å². The number of pyridine rings is 1. The largest absolute Gasteiger partial charge is 0.369 e. The second-order valence-electron chi connectivity index (χ2n) is 9.02. The van der Waals surface area contributed by atoms with Crippen LogP contribution in [0.1, 0.15) is 40.9 Å². The van der Waals surface area contributed by atoms with Crippen LogP contribution in [0.2, 0.25) is 0 Å².